The third-order valence-corrected chi connectivity index (χ3v) is 5.28. The van der Waals surface area contributed by atoms with E-state index >= 15 is 0 Å². The average Bonchev–Trinajstić information content (AvgIpc) is 2.62. The standard InChI is InChI=1S/C22H33F3N2O3/c1-7-19(16-8-10-17(11-9-16)22(23,24)25)27-12-15(2)26(13-18(27)14-29-6)20(28)30-21(3,4)5/h8-11,15,18-19H,7,12-14H2,1-6H3/t15-,18?,19?/m0/s1. The molecule has 0 saturated carbocycles. The van der Waals surface area contributed by atoms with Crippen LogP contribution < -0.4 is 0 Å². The van der Waals surface area contributed by atoms with Gasteiger partial charge in [-0.05, 0) is 51.8 Å². The first-order valence-electron chi connectivity index (χ1n) is 10.3. The van der Waals surface area contributed by atoms with Gasteiger partial charge < -0.3 is 14.4 Å². The molecule has 0 bridgehead atoms. The topological polar surface area (TPSA) is 42.0 Å². The number of amides is 1. The zero-order chi connectivity index (χ0) is 22.7. The van der Waals surface area contributed by atoms with Crippen LogP contribution >= 0.6 is 0 Å². The number of carbonyl (C=O) groups excluding carboxylic acids is 1. The van der Waals surface area contributed by atoms with E-state index in [0.29, 0.717) is 19.7 Å². The van der Waals surface area contributed by atoms with Crippen molar-refractivity contribution in [2.75, 3.05) is 26.8 Å². The second kappa shape index (κ2) is 9.56. The first-order valence-corrected chi connectivity index (χ1v) is 10.3. The maximum Gasteiger partial charge on any atom is 0.416 e. The summed E-state index contributed by atoms with van der Waals surface area (Å²) < 4.78 is 49.7. The molecule has 0 aliphatic carbocycles. The highest BCUT2D eigenvalue weighted by molar-refractivity contribution is 5.68. The van der Waals surface area contributed by atoms with E-state index in [-0.39, 0.29) is 24.2 Å². The van der Waals surface area contributed by atoms with Crippen molar-refractivity contribution in [3.8, 4) is 0 Å². The van der Waals surface area contributed by atoms with Crippen LogP contribution in [0.5, 0.6) is 0 Å². The summed E-state index contributed by atoms with van der Waals surface area (Å²) in [5, 5.41) is 0. The molecule has 1 fully saturated rings. The van der Waals surface area contributed by atoms with E-state index < -0.39 is 17.3 Å². The number of hydrogen-bond acceptors (Lipinski definition) is 4. The normalized spacial score (nSPS) is 22.1. The number of ether oxygens (including phenoxy) is 2. The summed E-state index contributed by atoms with van der Waals surface area (Å²) >= 11 is 0. The van der Waals surface area contributed by atoms with Gasteiger partial charge in [0.25, 0.3) is 0 Å². The van der Waals surface area contributed by atoms with Gasteiger partial charge in [0.15, 0.2) is 0 Å². The molecule has 5 nitrogen and oxygen atoms in total. The Hall–Kier alpha value is -1.80. The molecule has 1 aliphatic heterocycles. The molecule has 2 rings (SSSR count). The molecule has 0 radical (unpaired) electrons. The van der Waals surface area contributed by atoms with Crippen molar-refractivity contribution >= 4 is 6.09 Å². The van der Waals surface area contributed by atoms with Crippen LogP contribution in [0.3, 0.4) is 0 Å². The Labute approximate surface area is 177 Å². The van der Waals surface area contributed by atoms with E-state index in [1.807, 2.05) is 34.6 Å². The predicted octanol–water partition coefficient (Wildman–Crippen LogP) is 5.11. The van der Waals surface area contributed by atoms with Crippen molar-refractivity contribution in [1.82, 2.24) is 9.80 Å². The van der Waals surface area contributed by atoms with Crippen LogP contribution in [0.1, 0.15) is 58.2 Å². The third-order valence-electron chi connectivity index (χ3n) is 5.28. The molecule has 1 aromatic carbocycles. The highest BCUT2D eigenvalue weighted by Gasteiger charge is 2.39. The van der Waals surface area contributed by atoms with Gasteiger partial charge in [-0.1, -0.05) is 19.1 Å². The lowest BCUT2D eigenvalue weighted by Gasteiger charge is -2.48. The van der Waals surface area contributed by atoms with E-state index in [4.69, 9.17) is 9.47 Å². The fraction of sp³-hybridized carbons (Fsp3) is 0.682. The molecule has 170 valence electrons. The van der Waals surface area contributed by atoms with Crippen molar-refractivity contribution in [3.63, 3.8) is 0 Å². The zero-order valence-corrected chi connectivity index (χ0v) is 18.6. The first-order chi connectivity index (χ1) is 13.9. The third kappa shape index (κ3) is 6.11. The van der Waals surface area contributed by atoms with E-state index in [0.717, 1.165) is 24.1 Å². The number of nitrogens with zero attached hydrogens (tertiary/aromatic N) is 2. The first kappa shape index (κ1) is 24.5. The molecule has 0 spiro atoms. The second-order valence-electron chi connectivity index (χ2n) is 8.83. The van der Waals surface area contributed by atoms with Gasteiger partial charge in [-0.2, -0.15) is 13.2 Å². The molecule has 2 unspecified atom stereocenters. The second-order valence-corrected chi connectivity index (χ2v) is 8.83. The molecule has 1 heterocycles. The minimum atomic E-state index is -4.35. The Morgan fingerprint density at radius 2 is 1.77 bits per heavy atom. The maximum absolute atomic E-state index is 12.9. The summed E-state index contributed by atoms with van der Waals surface area (Å²) in [4.78, 5) is 16.6. The van der Waals surface area contributed by atoms with Crippen molar-refractivity contribution in [3.05, 3.63) is 35.4 Å². The van der Waals surface area contributed by atoms with Gasteiger partial charge in [-0.3, -0.25) is 4.90 Å². The molecular formula is C22H33F3N2O3. The van der Waals surface area contributed by atoms with Gasteiger partial charge >= 0.3 is 12.3 Å². The lowest BCUT2D eigenvalue weighted by atomic mass is 9.96. The van der Waals surface area contributed by atoms with Crippen LogP contribution in [0.15, 0.2) is 24.3 Å². The highest BCUT2D eigenvalue weighted by atomic mass is 19.4. The zero-order valence-electron chi connectivity index (χ0n) is 18.6. The van der Waals surface area contributed by atoms with Gasteiger partial charge in [0.1, 0.15) is 5.60 Å². The maximum atomic E-state index is 12.9. The fourth-order valence-corrected chi connectivity index (χ4v) is 3.92. The molecule has 8 heteroatoms. The lowest BCUT2D eigenvalue weighted by molar-refractivity contribution is -0.137. The van der Waals surface area contributed by atoms with Crippen molar-refractivity contribution in [2.24, 2.45) is 0 Å². The minimum Gasteiger partial charge on any atom is -0.444 e. The van der Waals surface area contributed by atoms with E-state index in [1.54, 1.807) is 24.1 Å². The fourth-order valence-electron chi connectivity index (χ4n) is 3.92. The number of piperazine rings is 1. The van der Waals surface area contributed by atoms with Gasteiger partial charge in [0.05, 0.1) is 18.2 Å². The minimum absolute atomic E-state index is 0.0735. The number of carbonyl (C=O) groups is 1. The van der Waals surface area contributed by atoms with Crippen LogP contribution in [0.2, 0.25) is 0 Å². The molecule has 30 heavy (non-hydrogen) atoms. The molecule has 1 aromatic rings. The Morgan fingerprint density at radius 1 is 1.17 bits per heavy atom. The number of hydrogen-bond donors (Lipinski definition) is 0. The monoisotopic (exact) mass is 430 g/mol. The summed E-state index contributed by atoms with van der Waals surface area (Å²) in [6, 6.07) is 5.09. The summed E-state index contributed by atoms with van der Waals surface area (Å²) in [5.74, 6) is 0. The molecule has 0 aromatic heterocycles. The van der Waals surface area contributed by atoms with E-state index in [2.05, 4.69) is 4.90 Å². The summed E-state index contributed by atoms with van der Waals surface area (Å²) in [5.41, 5.74) is -0.418. The number of methoxy groups -OCH3 is 1. The summed E-state index contributed by atoms with van der Waals surface area (Å²) in [6.45, 7) is 10.9. The van der Waals surface area contributed by atoms with Crippen molar-refractivity contribution in [2.45, 2.75) is 70.9 Å². The van der Waals surface area contributed by atoms with Gasteiger partial charge in [0, 0.05) is 32.3 Å². The Morgan fingerprint density at radius 3 is 2.23 bits per heavy atom. The van der Waals surface area contributed by atoms with Crippen LogP contribution in [-0.4, -0.2) is 60.4 Å². The van der Waals surface area contributed by atoms with Crippen LogP contribution in [0.4, 0.5) is 18.0 Å². The Kier molecular flexibility index (Phi) is 7.80. The van der Waals surface area contributed by atoms with Crippen LogP contribution in [-0.2, 0) is 15.7 Å². The molecule has 1 saturated heterocycles. The SMILES string of the molecule is CCC(c1ccc(C(F)(F)F)cc1)N1C[C@H](C)N(C(=O)OC(C)(C)C)CC1COC. The molecule has 0 N–H and O–H groups in total. The number of alkyl halides is 3. The molecule has 3 atom stereocenters. The van der Waals surface area contributed by atoms with E-state index in [1.165, 1.54) is 0 Å². The molecule has 1 amide bonds. The Balaban J connectivity index is 2.24. The Bertz CT molecular complexity index is 701. The summed E-state index contributed by atoms with van der Waals surface area (Å²) in [6.07, 6.45) is -3.99. The largest absolute Gasteiger partial charge is 0.444 e. The smallest absolute Gasteiger partial charge is 0.416 e. The van der Waals surface area contributed by atoms with Gasteiger partial charge in [-0.15, -0.1) is 0 Å². The van der Waals surface area contributed by atoms with Crippen LogP contribution in [0, 0.1) is 0 Å². The quantitative estimate of drug-likeness (QED) is 0.651. The highest BCUT2D eigenvalue weighted by Crippen LogP contribution is 2.34. The van der Waals surface area contributed by atoms with Gasteiger partial charge in [0.2, 0.25) is 0 Å². The predicted molar refractivity (Wildman–Crippen MR) is 109 cm³/mol. The molecular weight excluding hydrogens is 397 g/mol. The number of rotatable bonds is 5. The van der Waals surface area contributed by atoms with Crippen molar-refractivity contribution in [1.29, 1.82) is 0 Å². The summed E-state index contributed by atoms with van der Waals surface area (Å²) in [7, 11) is 1.60. The van der Waals surface area contributed by atoms with Crippen LogP contribution in [0.25, 0.3) is 0 Å². The number of halogens is 3. The van der Waals surface area contributed by atoms with Crippen molar-refractivity contribution < 1.29 is 27.4 Å². The van der Waals surface area contributed by atoms with E-state index in [9.17, 15) is 18.0 Å². The molecule has 1 aliphatic rings. The van der Waals surface area contributed by atoms with Gasteiger partial charge in [-0.25, -0.2) is 4.79 Å². The number of benzene rings is 1. The lowest BCUT2D eigenvalue weighted by Crippen LogP contribution is -2.61. The average molecular weight is 431 g/mol.